The second-order valence-corrected chi connectivity index (χ2v) is 5.61. The van der Waals surface area contributed by atoms with Crippen molar-refractivity contribution in [1.29, 1.82) is 5.26 Å². The van der Waals surface area contributed by atoms with Crippen LogP contribution in [-0.2, 0) is 6.42 Å². The number of carbonyl (C=O) groups excluding carboxylic acids is 1. The van der Waals surface area contributed by atoms with Gasteiger partial charge in [0, 0.05) is 38.8 Å². The zero-order valence-corrected chi connectivity index (χ0v) is 14.0. The minimum atomic E-state index is -0.108. The summed E-state index contributed by atoms with van der Waals surface area (Å²) in [6, 6.07) is 12.3. The summed E-state index contributed by atoms with van der Waals surface area (Å²) in [6.45, 7) is 4.56. The van der Waals surface area contributed by atoms with Gasteiger partial charge in [-0.05, 0) is 29.8 Å². The molecule has 0 atom stereocenters. The van der Waals surface area contributed by atoms with E-state index in [9.17, 15) is 4.79 Å². The molecule has 0 bridgehead atoms. The molecule has 0 amide bonds. The maximum atomic E-state index is 12.0. The molecule has 0 spiro atoms. The summed E-state index contributed by atoms with van der Waals surface area (Å²) in [6.07, 6.45) is 1.75. The number of nitrogens with zero attached hydrogens (tertiary/aromatic N) is 2. The number of nitriles is 1. The van der Waals surface area contributed by atoms with Gasteiger partial charge in [-0.3, -0.25) is 4.79 Å². The Morgan fingerprint density at radius 2 is 1.88 bits per heavy atom. The van der Waals surface area contributed by atoms with E-state index in [-0.39, 0.29) is 17.4 Å². The molecule has 24 heavy (non-hydrogen) atoms. The Morgan fingerprint density at radius 1 is 1.17 bits per heavy atom. The van der Waals surface area contributed by atoms with Crippen LogP contribution < -0.4 is 10.6 Å². The SMILES string of the molecule is C1CNCCN1.N#Cc1cccc(CC(=O)c2cccnc2Cl)c1. The monoisotopic (exact) mass is 342 g/mol. The first kappa shape index (κ1) is 18.1. The van der Waals surface area contributed by atoms with Crippen LogP contribution >= 0.6 is 11.6 Å². The Hall–Kier alpha value is -2.26. The van der Waals surface area contributed by atoms with Crippen molar-refractivity contribution in [3.63, 3.8) is 0 Å². The van der Waals surface area contributed by atoms with Crippen molar-refractivity contribution >= 4 is 17.4 Å². The summed E-state index contributed by atoms with van der Waals surface area (Å²) in [5.41, 5.74) is 1.73. The van der Waals surface area contributed by atoms with Gasteiger partial charge < -0.3 is 10.6 Å². The van der Waals surface area contributed by atoms with E-state index in [1.54, 1.807) is 30.3 Å². The normalized spacial score (nSPS) is 13.3. The van der Waals surface area contributed by atoms with Crippen molar-refractivity contribution in [3.8, 4) is 6.07 Å². The number of pyridine rings is 1. The van der Waals surface area contributed by atoms with Crippen molar-refractivity contribution in [3.05, 3.63) is 64.4 Å². The van der Waals surface area contributed by atoms with Crippen LogP contribution in [0.2, 0.25) is 5.15 Å². The van der Waals surface area contributed by atoms with Crippen LogP contribution in [0.1, 0.15) is 21.5 Å². The molecule has 0 radical (unpaired) electrons. The van der Waals surface area contributed by atoms with E-state index in [1.807, 2.05) is 12.1 Å². The lowest BCUT2D eigenvalue weighted by molar-refractivity contribution is 0.0993. The second kappa shape index (κ2) is 9.78. The van der Waals surface area contributed by atoms with Gasteiger partial charge in [0.15, 0.2) is 5.78 Å². The molecule has 1 aliphatic rings. The van der Waals surface area contributed by atoms with Gasteiger partial charge in [0.25, 0.3) is 0 Å². The quantitative estimate of drug-likeness (QED) is 0.660. The van der Waals surface area contributed by atoms with Gasteiger partial charge in [-0.2, -0.15) is 5.26 Å². The largest absolute Gasteiger partial charge is 0.314 e. The standard InChI is InChI=1S/C14H9ClN2O.C4H10N2/c15-14-12(5-2-6-17-14)13(18)8-10-3-1-4-11(7-10)9-16;1-2-6-4-3-5-1/h1-7H,8H2;5-6H,1-4H2. The third-order valence-electron chi connectivity index (χ3n) is 3.44. The van der Waals surface area contributed by atoms with Gasteiger partial charge in [-0.1, -0.05) is 23.7 Å². The first-order chi connectivity index (χ1) is 11.7. The fourth-order valence-corrected chi connectivity index (χ4v) is 2.45. The van der Waals surface area contributed by atoms with Gasteiger partial charge in [0.1, 0.15) is 5.15 Å². The van der Waals surface area contributed by atoms with E-state index in [2.05, 4.69) is 15.6 Å². The Bertz CT molecular complexity index is 711. The smallest absolute Gasteiger partial charge is 0.170 e. The van der Waals surface area contributed by atoms with Crippen molar-refractivity contribution < 1.29 is 4.79 Å². The molecule has 3 rings (SSSR count). The number of Topliss-reactive ketones (excluding diaryl/α,β-unsaturated/α-hetero) is 1. The van der Waals surface area contributed by atoms with E-state index < -0.39 is 0 Å². The van der Waals surface area contributed by atoms with Crippen LogP contribution in [0, 0.1) is 11.3 Å². The Kier molecular flexibility index (Phi) is 7.37. The minimum absolute atomic E-state index is 0.108. The highest BCUT2D eigenvalue weighted by Crippen LogP contribution is 2.15. The Balaban J connectivity index is 0.000000292. The van der Waals surface area contributed by atoms with Gasteiger partial charge in [-0.15, -0.1) is 0 Å². The Labute approximate surface area is 146 Å². The molecule has 124 valence electrons. The molecule has 2 heterocycles. The summed E-state index contributed by atoms with van der Waals surface area (Å²) in [5.74, 6) is -0.108. The van der Waals surface area contributed by atoms with E-state index in [4.69, 9.17) is 16.9 Å². The molecule has 1 aromatic heterocycles. The molecular weight excluding hydrogens is 324 g/mol. The number of hydrogen-bond donors (Lipinski definition) is 2. The lowest BCUT2D eigenvalue weighted by Gasteiger charge is -2.11. The number of hydrogen-bond acceptors (Lipinski definition) is 5. The van der Waals surface area contributed by atoms with Gasteiger partial charge in [0.05, 0.1) is 17.2 Å². The van der Waals surface area contributed by atoms with E-state index in [1.165, 1.54) is 6.20 Å². The maximum absolute atomic E-state index is 12.0. The predicted molar refractivity (Wildman–Crippen MR) is 94.2 cm³/mol. The average Bonchev–Trinajstić information content (AvgIpc) is 2.64. The number of benzene rings is 1. The first-order valence-electron chi connectivity index (χ1n) is 7.75. The maximum Gasteiger partial charge on any atom is 0.170 e. The van der Waals surface area contributed by atoms with Gasteiger partial charge in [-0.25, -0.2) is 4.98 Å². The van der Waals surface area contributed by atoms with Crippen LogP contribution in [0.15, 0.2) is 42.6 Å². The van der Waals surface area contributed by atoms with E-state index in [0.29, 0.717) is 11.1 Å². The van der Waals surface area contributed by atoms with Crippen LogP contribution in [-0.4, -0.2) is 36.9 Å². The van der Waals surface area contributed by atoms with Gasteiger partial charge >= 0.3 is 0 Å². The average molecular weight is 343 g/mol. The third-order valence-corrected chi connectivity index (χ3v) is 3.74. The number of aromatic nitrogens is 1. The van der Waals surface area contributed by atoms with Crippen LogP contribution in [0.3, 0.4) is 0 Å². The number of ketones is 1. The summed E-state index contributed by atoms with van der Waals surface area (Å²) in [7, 11) is 0. The number of carbonyl (C=O) groups is 1. The number of nitrogens with one attached hydrogen (secondary N) is 2. The second-order valence-electron chi connectivity index (χ2n) is 5.25. The predicted octanol–water partition coefficient (Wildman–Crippen LogP) is 2.21. The van der Waals surface area contributed by atoms with E-state index in [0.717, 1.165) is 31.7 Å². The highest BCUT2D eigenvalue weighted by molar-refractivity contribution is 6.32. The fourth-order valence-electron chi connectivity index (χ4n) is 2.23. The highest BCUT2D eigenvalue weighted by Gasteiger charge is 2.11. The molecule has 2 aromatic rings. The summed E-state index contributed by atoms with van der Waals surface area (Å²) in [5, 5.41) is 15.4. The molecule has 0 aliphatic carbocycles. The summed E-state index contributed by atoms with van der Waals surface area (Å²) < 4.78 is 0. The van der Waals surface area contributed by atoms with Crippen LogP contribution in [0.5, 0.6) is 0 Å². The number of rotatable bonds is 3. The number of halogens is 1. The zero-order chi connectivity index (χ0) is 17.2. The minimum Gasteiger partial charge on any atom is -0.314 e. The molecule has 1 aromatic carbocycles. The van der Waals surface area contributed by atoms with Gasteiger partial charge in [0.2, 0.25) is 0 Å². The molecule has 0 saturated carbocycles. The first-order valence-corrected chi connectivity index (χ1v) is 8.12. The fraction of sp³-hybridized carbons (Fsp3) is 0.278. The van der Waals surface area contributed by atoms with Crippen LogP contribution in [0.25, 0.3) is 0 Å². The highest BCUT2D eigenvalue weighted by atomic mass is 35.5. The molecule has 0 unspecified atom stereocenters. The topological polar surface area (TPSA) is 77.8 Å². The molecule has 5 nitrogen and oxygen atoms in total. The van der Waals surface area contributed by atoms with Crippen molar-refractivity contribution in [2.75, 3.05) is 26.2 Å². The Morgan fingerprint density at radius 3 is 2.46 bits per heavy atom. The number of piperazine rings is 1. The van der Waals surface area contributed by atoms with Crippen molar-refractivity contribution in [2.45, 2.75) is 6.42 Å². The summed E-state index contributed by atoms with van der Waals surface area (Å²) >= 11 is 5.86. The lowest BCUT2D eigenvalue weighted by atomic mass is 10.0. The third kappa shape index (κ3) is 5.74. The summed E-state index contributed by atoms with van der Waals surface area (Å²) in [4.78, 5) is 15.9. The van der Waals surface area contributed by atoms with E-state index >= 15 is 0 Å². The lowest BCUT2D eigenvalue weighted by Crippen LogP contribution is -2.39. The molecule has 6 heteroatoms. The molecular formula is C18H19ClN4O. The van der Waals surface area contributed by atoms with Crippen molar-refractivity contribution in [1.82, 2.24) is 15.6 Å². The van der Waals surface area contributed by atoms with Crippen LogP contribution in [0.4, 0.5) is 0 Å². The molecule has 1 aliphatic heterocycles. The molecule has 1 fully saturated rings. The van der Waals surface area contributed by atoms with Crippen molar-refractivity contribution in [2.24, 2.45) is 0 Å². The molecule has 1 saturated heterocycles. The zero-order valence-electron chi connectivity index (χ0n) is 13.3. The molecule has 2 N–H and O–H groups in total.